The van der Waals surface area contributed by atoms with E-state index in [-0.39, 0.29) is 5.75 Å². The Morgan fingerprint density at radius 1 is 1.62 bits per heavy atom. The first-order valence-electron chi connectivity index (χ1n) is 4.66. The minimum absolute atomic E-state index is 0.0921. The summed E-state index contributed by atoms with van der Waals surface area (Å²) in [6.07, 6.45) is 0.402. The zero-order valence-corrected chi connectivity index (χ0v) is 10.3. The lowest BCUT2D eigenvalue weighted by molar-refractivity contribution is -0.138. The van der Waals surface area contributed by atoms with Gasteiger partial charge in [0.2, 0.25) is 10.0 Å². The molecule has 5 nitrogen and oxygen atoms in total. The second kappa shape index (κ2) is 5.42. The molecule has 2 N–H and O–H groups in total. The van der Waals surface area contributed by atoms with Crippen LogP contribution in [0.4, 0.5) is 0 Å². The van der Waals surface area contributed by atoms with Crippen molar-refractivity contribution in [2.75, 3.05) is 5.75 Å². The van der Waals surface area contributed by atoms with E-state index in [2.05, 4.69) is 4.72 Å². The van der Waals surface area contributed by atoms with Crippen LogP contribution in [0, 0.1) is 0 Å². The van der Waals surface area contributed by atoms with Crippen molar-refractivity contribution in [2.45, 2.75) is 19.4 Å². The van der Waals surface area contributed by atoms with Gasteiger partial charge in [0.1, 0.15) is 6.04 Å². The third kappa shape index (κ3) is 4.30. The summed E-state index contributed by atoms with van der Waals surface area (Å²) in [7, 11) is -3.53. The van der Waals surface area contributed by atoms with Crippen molar-refractivity contribution in [3.63, 3.8) is 0 Å². The van der Waals surface area contributed by atoms with Gasteiger partial charge in [0.25, 0.3) is 0 Å². The normalized spacial score (nSPS) is 13.6. The summed E-state index contributed by atoms with van der Waals surface area (Å²) in [5.74, 6) is -1.27. The van der Waals surface area contributed by atoms with Gasteiger partial charge in [-0.05, 0) is 24.8 Å². The number of aliphatic carboxylic acids is 1. The maximum atomic E-state index is 11.5. The summed E-state index contributed by atoms with van der Waals surface area (Å²) < 4.78 is 25.0. The van der Waals surface area contributed by atoms with Crippen molar-refractivity contribution in [3.8, 4) is 0 Å². The van der Waals surface area contributed by atoms with E-state index in [1.54, 1.807) is 0 Å². The van der Waals surface area contributed by atoms with E-state index in [1.165, 1.54) is 18.3 Å². The molecule has 0 bridgehead atoms. The highest BCUT2D eigenvalue weighted by molar-refractivity contribution is 7.89. The fourth-order valence-electron chi connectivity index (χ4n) is 1.07. The molecule has 0 aliphatic rings. The van der Waals surface area contributed by atoms with Gasteiger partial charge in [-0.15, -0.1) is 11.3 Å². The highest BCUT2D eigenvalue weighted by atomic mass is 32.2. The fourth-order valence-corrected chi connectivity index (χ4v) is 3.15. The summed E-state index contributed by atoms with van der Waals surface area (Å²) in [6, 6.07) is 2.61. The van der Waals surface area contributed by atoms with Gasteiger partial charge in [-0.2, -0.15) is 0 Å². The van der Waals surface area contributed by atoms with Crippen LogP contribution in [-0.4, -0.2) is 31.3 Å². The van der Waals surface area contributed by atoms with Crippen LogP contribution in [0.15, 0.2) is 17.5 Å². The third-order valence-corrected chi connectivity index (χ3v) is 4.31. The van der Waals surface area contributed by atoms with Crippen LogP contribution in [-0.2, 0) is 21.2 Å². The first kappa shape index (κ1) is 13.1. The van der Waals surface area contributed by atoms with Crippen LogP contribution in [0.2, 0.25) is 0 Å². The highest BCUT2D eigenvalue weighted by Gasteiger charge is 2.19. The van der Waals surface area contributed by atoms with E-state index in [9.17, 15) is 13.2 Å². The average molecular weight is 263 g/mol. The summed E-state index contributed by atoms with van der Waals surface area (Å²) in [5.41, 5.74) is 0. The number of thiophene rings is 1. The molecule has 1 heterocycles. The van der Waals surface area contributed by atoms with E-state index in [0.29, 0.717) is 6.42 Å². The summed E-state index contributed by atoms with van der Waals surface area (Å²) in [5, 5.41) is 10.4. The first-order valence-corrected chi connectivity index (χ1v) is 7.19. The molecule has 0 saturated heterocycles. The van der Waals surface area contributed by atoms with Crippen molar-refractivity contribution < 1.29 is 18.3 Å². The van der Waals surface area contributed by atoms with Gasteiger partial charge in [-0.25, -0.2) is 13.1 Å². The Balaban J connectivity index is 2.49. The van der Waals surface area contributed by atoms with Crippen LogP contribution in [0.25, 0.3) is 0 Å². The molecule has 1 rings (SSSR count). The number of hydrogen-bond acceptors (Lipinski definition) is 4. The molecule has 16 heavy (non-hydrogen) atoms. The Bertz CT molecular complexity index is 438. The van der Waals surface area contributed by atoms with Gasteiger partial charge >= 0.3 is 5.97 Å². The lowest BCUT2D eigenvalue weighted by Crippen LogP contribution is -2.39. The second-order valence-corrected chi connectivity index (χ2v) is 6.23. The average Bonchev–Trinajstić information content (AvgIpc) is 2.66. The molecular weight excluding hydrogens is 250 g/mol. The molecule has 7 heteroatoms. The summed E-state index contributed by atoms with van der Waals surface area (Å²) in [4.78, 5) is 11.5. The van der Waals surface area contributed by atoms with Crippen molar-refractivity contribution in [3.05, 3.63) is 22.4 Å². The molecule has 90 valence electrons. The first-order chi connectivity index (χ1) is 7.41. The van der Waals surface area contributed by atoms with E-state index in [1.807, 2.05) is 17.5 Å². The number of carbonyl (C=O) groups is 1. The zero-order valence-electron chi connectivity index (χ0n) is 8.71. The Labute approximate surface area is 98.2 Å². The molecule has 1 aromatic rings. The van der Waals surface area contributed by atoms with Gasteiger partial charge < -0.3 is 5.11 Å². The van der Waals surface area contributed by atoms with Crippen LogP contribution < -0.4 is 4.72 Å². The van der Waals surface area contributed by atoms with Gasteiger partial charge in [0, 0.05) is 4.88 Å². The summed E-state index contributed by atoms with van der Waals surface area (Å²) in [6.45, 7) is 1.30. The maximum Gasteiger partial charge on any atom is 0.321 e. The Hall–Kier alpha value is -0.920. The molecule has 0 amide bonds. The van der Waals surface area contributed by atoms with Gasteiger partial charge in [-0.3, -0.25) is 4.79 Å². The maximum absolute atomic E-state index is 11.5. The molecule has 0 unspecified atom stereocenters. The van der Waals surface area contributed by atoms with Crippen molar-refractivity contribution in [1.82, 2.24) is 4.72 Å². The monoisotopic (exact) mass is 263 g/mol. The Morgan fingerprint density at radius 3 is 2.81 bits per heavy atom. The number of rotatable bonds is 6. The topological polar surface area (TPSA) is 83.5 Å². The standard InChI is InChI=1S/C9H13NO4S2/c1-7(9(11)12)10-16(13,14)6-4-8-3-2-5-15-8/h2-3,5,7,10H,4,6H2,1H3,(H,11,12)/t7-/m1/s1. The molecule has 1 aromatic heterocycles. The Morgan fingerprint density at radius 2 is 2.31 bits per heavy atom. The third-order valence-electron chi connectivity index (χ3n) is 1.92. The largest absolute Gasteiger partial charge is 0.480 e. The van der Waals surface area contributed by atoms with E-state index in [4.69, 9.17) is 5.11 Å². The van der Waals surface area contributed by atoms with E-state index in [0.717, 1.165) is 4.88 Å². The molecular formula is C9H13NO4S2. The number of nitrogens with one attached hydrogen (secondary N) is 1. The second-order valence-electron chi connectivity index (χ2n) is 3.33. The van der Waals surface area contributed by atoms with Crippen molar-refractivity contribution in [2.24, 2.45) is 0 Å². The SMILES string of the molecule is C[C@@H](NS(=O)(=O)CCc1cccs1)C(=O)O. The van der Waals surface area contributed by atoms with Gasteiger partial charge in [0.15, 0.2) is 0 Å². The number of aryl methyl sites for hydroxylation is 1. The highest BCUT2D eigenvalue weighted by Crippen LogP contribution is 2.09. The van der Waals surface area contributed by atoms with E-state index < -0.39 is 22.0 Å². The number of sulfonamides is 1. The van der Waals surface area contributed by atoms with Crippen molar-refractivity contribution in [1.29, 1.82) is 0 Å². The number of carboxylic acid groups (broad SMARTS) is 1. The van der Waals surface area contributed by atoms with Crippen LogP contribution in [0.1, 0.15) is 11.8 Å². The molecule has 0 spiro atoms. The van der Waals surface area contributed by atoms with Gasteiger partial charge in [0.05, 0.1) is 5.75 Å². The fraction of sp³-hybridized carbons (Fsp3) is 0.444. The summed E-state index contributed by atoms with van der Waals surface area (Å²) >= 11 is 1.48. The minimum Gasteiger partial charge on any atom is -0.480 e. The molecule has 0 saturated carbocycles. The lowest BCUT2D eigenvalue weighted by Gasteiger charge is -2.09. The number of carboxylic acids is 1. The predicted octanol–water partition coefficient (Wildman–Crippen LogP) is 0.683. The lowest BCUT2D eigenvalue weighted by atomic mass is 10.4. The van der Waals surface area contributed by atoms with Crippen molar-refractivity contribution >= 4 is 27.3 Å². The molecule has 0 aromatic carbocycles. The quantitative estimate of drug-likeness (QED) is 0.790. The molecule has 0 fully saturated rings. The van der Waals surface area contributed by atoms with Crippen LogP contribution in [0.3, 0.4) is 0 Å². The molecule has 0 aliphatic heterocycles. The van der Waals surface area contributed by atoms with Crippen LogP contribution >= 0.6 is 11.3 Å². The molecule has 0 radical (unpaired) electrons. The molecule has 1 atom stereocenters. The smallest absolute Gasteiger partial charge is 0.321 e. The number of hydrogen-bond donors (Lipinski definition) is 2. The minimum atomic E-state index is -3.53. The predicted molar refractivity (Wildman–Crippen MR) is 62.0 cm³/mol. The Kier molecular flexibility index (Phi) is 4.45. The van der Waals surface area contributed by atoms with Crippen LogP contribution in [0.5, 0.6) is 0 Å². The molecule has 0 aliphatic carbocycles. The zero-order chi connectivity index (χ0) is 12.2. The van der Waals surface area contributed by atoms with Gasteiger partial charge in [-0.1, -0.05) is 6.07 Å². The van der Waals surface area contributed by atoms with E-state index >= 15 is 0 Å².